The highest BCUT2D eigenvalue weighted by Crippen LogP contribution is 2.28. The molecule has 0 bridgehead atoms. The normalized spacial score (nSPS) is 10.8. The summed E-state index contributed by atoms with van der Waals surface area (Å²) in [7, 11) is 0. The molecular formula is C24H21ClN4OS. The van der Waals surface area contributed by atoms with Crippen LogP contribution in [-0.4, -0.2) is 26.4 Å². The molecule has 156 valence electrons. The van der Waals surface area contributed by atoms with E-state index in [2.05, 4.69) is 15.5 Å². The van der Waals surface area contributed by atoms with Crippen LogP contribution in [0.2, 0.25) is 5.02 Å². The van der Waals surface area contributed by atoms with E-state index in [4.69, 9.17) is 11.6 Å². The molecule has 31 heavy (non-hydrogen) atoms. The van der Waals surface area contributed by atoms with Gasteiger partial charge in [0.25, 0.3) is 0 Å². The number of rotatable bonds is 6. The predicted molar refractivity (Wildman–Crippen MR) is 127 cm³/mol. The number of carbonyl (C=O) groups is 1. The molecule has 0 spiro atoms. The Morgan fingerprint density at radius 1 is 1.00 bits per heavy atom. The van der Waals surface area contributed by atoms with Crippen molar-refractivity contribution < 1.29 is 4.79 Å². The highest BCUT2D eigenvalue weighted by atomic mass is 35.5. The van der Waals surface area contributed by atoms with Gasteiger partial charge in [0.15, 0.2) is 11.0 Å². The Bertz CT molecular complexity index is 1210. The number of nitrogens with one attached hydrogen (secondary N) is 1. The van der Waals surface area contributed by atoms with Crippen LogP contribution < -0.4 is 5.32 Å². The highest BCUT2D eigenvalue weighted by molar-refractivity contribution is 7.99. The Kier molecular flexibility index (Phi) is 6.39. The van der Waals surface area contributed by atoms with Gasteiger partial charge in [0.05, 0.1) is 5.75 Å². The maximum absolute atomic E-state index is 12.6. The van der Waals surface area contributed by atoms with Crippen LogP contribution in [-0.2, 0) is 4.79 Å². The second kappa shape index (κ2) is 9.37. The molecule has 0 unspecified atom stereocenters. The summed E-state index contributed by atoms with van der Waals surface area (Å²) < 4.78 is 1.98. The summed E-state index contributed by atoms with van der Waals surface area (Å²) >= 11 is 7.40. The molecule has 1 heterocycles. The van der Waals surface area contributed by atoms with E-state index < -0.39 is 0 Å². The molecule has 0 saturated heterocycles. The molecule has 7 heteroatoms. The summed E-state index contributed by atoms with van der Waals surface area (Å²) in [5.41, 5.74) is 4.75. The Morgan fingerprint density at radius 2 is 1.74 bits per heavy atom. The molecule has 5 nitrogen and oxygen atoms in total. The van der Waals surface area contributed by atoms with Crippen molar-refractivity contribution in [3.05, 3.63) is 88.9 Å². The van der Waals surface area contributed by atoms with Gasteiger partial charge < -0.3 is 5.32 Å². The number of thioether (sulfide) groups is 1. The third-order valence-electron chi connectivity index (χ3n) is 4.76. The highest BCUT2D eigenvalue weighted by Gasteiger charge is 2.17. The molecule has 1 amide bonds. The number of para-hydroxylation sites is 1. The Balaban J connectivity index is 1.59. The van der Waals surface area contributed by atoms with Crippen molar-refractivity contribution >= 4 is 35.0 Å². The largest absolute Gasteiger partial charge is 0.325 e. The fourth-order valence-corrected chi connectivity index (χ4v) is 4.03. The van der Waals surface area contributed by atoms with Crippen molar-refractivity contribution in [2.45, 2.75) is 19.0 Å². The average Bonchev–Trinajstić information content (AvgIpc) is 3.20. The van der Waals surface area contributed by atoms with Gasteiger partial charge in [0, 0.05) is 22.0 Å². The SMILES string of the molecule is Cc1ccc(-c2nnc(SCC(=O)Nc3cc(Cl)ccc3C)n2-c2ccccc2)cc1. The first-order chi connectivity index (χ1) is 15.0. The minimum Gasteiger partial charge on any atom is -0.325 e. The maximum Gasteiger partial charge on any atom is 0.234 e. The minimum atomic E-state index is -0.130. The lowest BCUT2D eigenvalue weighted by molar-refractivity contribution is -0.113. The first kappa shape index (κ1) is 21.2. The molecule has 0 fully saturated rings. The molecular weight excluding hydrogens is 428 g/mol. The summed E-state index contributed by atoms with van der Waals surface area (Å²) in [6, 6.07) is 23.5. The van der Waals surface area contributed by atoms with Crippen molar-refractivity contribution in [3.63, 3.8) is 0 Å². The summed E-state index contributed by atoms with van der Waals surface area (Å²) in [4.78, 5) is 12.6. The average molecular weight is 449 g/mol. The van der Waals surface area contributed by atoms with Crippen LogP contribution in [0.4, 0.5) is 5.69 Å². The molecule has 1 N–H and O–H groups in total. The van der Waals surface area contributed by atoms with Gasteiger partial charge in [-0.25, -0.2) is 0 Å². The van der Waals surface area contributed by atoms with Crippen LogP contribution in [0.15, 0.2) is 78.0 Å². The molecule has 4 rings (SSSR count). The second-order valence-corrected chi connectivity index (χ2v) is 8.52. The Labute approximate surface area is 190 Å². The Hall–Kier alpha value is -3.09. The number of hydrogen-bond donors (Lipinski definition) is 1. The van der Waals surface area contributed by atoms with Crippen molar-refractivity contribution in [1.29, 1.82) is 0 Å². The minimum absolute atomic E-state index is 0.130. The van der Waals surface area contributed by atoms with Gasteiger partial charge in [-0.3, -0.25) is 9.36 Å². The number of nitrogens with zero attached hydrogens (tertiary/aromatic N) is 3. The summed E-state index contributed by atoms with van der Waals surface area (Å²) in [6.45, 7) is 3.98. The van der Waals surface area contributed by atoms with Crippen LogP contribution in [0.5, 0.6) is 0 Å². The van der Waals surface area contributed by atoms with Crippen LogP contribution in [0.25, 0.3) is 17.1 Å². The monoisotopic (exact) mass is 448 g/mol. The summed E-state index contributed by atoms with van der Waals surface area (Å²) in [5.74, 6) is 0.805. The Morgan fingerprint density at radius 3 is 2.48 bits per heavy atom. The molecule has 0 saturated carbocycles. The van der Waals surface area contributed by atoms with Crippen LogP contribution in [0.1, 0.15) is 11.1 Å². The van der Waals surface area contributed by atoms with Gasteiger partial charge in [-0.15, -0.1) is 10.2 Å². The zero-order valence-corrected chi connectivity index (χ0v) is 18.7. The summed E-state index contributed by atoms with van der Waals surface area (Å²) in [6.07, 6.45) is 0. The number of aryl methyl sites for hydroxylation is 2. The maximum atomic E-state index is 12.6. The molecule has 0 aliphatic rings. The first-order valence-electron chi connectivity index (χ1n) is 9.78. The van der Waals surface area contributed by atoms with E-state index >= 15 is 0 Å². The number of hydrogen-bond acceptors (Lipinski definition) is 4. The van der Waals surface area contributed by atoms with E-state index in [9.17, 15) is 4.79 Å². The van der Waals surface area contributed by atoms with Crippen molar-refractivity contribution in [3.8, 4) is 17.1 Å². The van der Waals surface area contributed by atoms with Gasteiger partial charge in [0.1, 0.15) is 0 Å². The quantitative estimate of drug-likeness (QED) is 0.371. The number of benzene rings is 3. The first-order valence-corrected chi connectivity index (χ1v) is 11.1. The van der Waals surface area contributed by atoms with Gasteiger partial charge in [-0.1, -0.05) is 77.5 Å². The van der Waals surface area contributed by atoms with Crippen LogP contribution in [0.3, 0.4) is 0 Å². The summed E-state index contributed by atoms with van der Waals surface area (Å²) in [5, 5.41) is 13.0. The van der Waals surface area contributed by atoms with Gasteiger partial charge in [-0.05, 0) is 43.7 Å². The molecule has 0 aliphatic carbocycles. The van der Waals surface area contributed by atoms with Crippen molar-refractivity contribution in [1.82, 2.24) is 14.8 Å². The van der Waals surface area contributed by atoms with E-state index in [-0.39, 0.29) is 11.7 Å². The number of carbonyl (C=O) groups excluding carboxylic acids is 1. The lowest BCUT2D eigenvalue weighted by Crippen LogP contribution is -2.15. The molecule has 1 aromatic heterocycles. The third-order valence-corrected chi connectivity index (χ3v) is 5.93. The zero-order chi connectivity index (χ0) is 21.8. The second-order valence-electron chi connectivity index (χ2n) is 7.14. The molecule has 3 aromatic carbocycles. The number of aromatic nitrogens is 3. The van der Waals surface area contributed by atoms with E-state index in [0.717, 1.165) is 22.6 Å². The van der Waals surface area contributed by atoms with E-state index in [0.29, 0.717) is 15.9 Å². The fraction of sp³-hybridized carbons (Fsp3) is 0.125. The van der Waals surface area contributed by atoms with Gasteiger partial charge in [0.2, 0.25) is 5.91 Å². The van der Waals surface area contributed by atoms with Crippen molar-refractivity contribution in [2.24, 2.45) is 0 Å². The van der Waals surface area contributed by atoms with Gasteiger partial charge in [-0.2, -0.15) is 0 Å². The third kappa shape index (κ3) is 4.98. The van der Waals surface area contributed by atoms with E-state index in [1.165, 1.54) is 17.3 Å². The van der Waals surface area contributed by atoms with Gasteiger partial charge >= 0.3 is 0 Å². The van der Waals surface area contributed by atoms with Crippen LogP contribution >= 0.6 is 23.4 Å². The van der Waals surface area contributed by atoms with Crippen LogP contribution in [0, 0.1) is 13.8 Å². The number of halogens is 1. The predicted octanol–water partition coefficient (Wildman–Crippen LogP) is 5.94. The van der Waals surface area contributed by atoms with E-state index in [1.54, 1.807) is 12.1 Å². The van der Waals surface area contributed by atoms with Crippen molar-refractivity contribution in [2.75, 3.05) is 11.1 Å². The number of anilines is 1. The zero-order valence-electron chi connectivity index (χ0n) is 17.2. The smallest absolute Gasteiger partial charge is 0.234 e. The molecule has 4 aromatic rings. The molecule has 0 aliphatic heterocycles. The topological polar surface area (TPSA) is 59.8 Å². The fourth-order valence-electron chi connectivity index (χ4n) is 3.11. The molecule has 0 atom stereocenters. The number of amides is 1. The standard InChI is InChI=1S/C24H21ClN4OS/c1-16-8-11-18(12-9-16)23-27-28-24(29(23)20-6-4-3-5-7-20)31-15-22(30)26-21-14-19(25)13-10-17(21)2/h3-14H,15H2,1-2H3,(H,26,30). The lowest BCUT2D eigenvalue weighted by Gasteiger charge is -2.11. The van der Waals surface area contributed by atoms with E-state index in [1.807, 2.05) is 79.1 Å². The lowest BCUT2D eigenvalue weighted by atomic mass is 10.1. The molecule has 0 radical (unpaired) electrons.